The summed E-state index contributed by atoms with van der Waals surface area (Å²) in [6.45, 7) is 3.59. The van der Waals surface area contributed by atoms with Crippen LogP contribution in [0.4, 0.5) is 4.79 Å². The third-order valence-corrected chi connectivity index (χ3v) is 3.00. The lowest BCUT2D eigenvalue weighted by atomic mass is 10.2. The maximum atomic E-state index is 11.6. The SMILES string of the molecule is Cc1oc(CNC(=O)NCC2COCCO2)cc1C(=O)O. The fraction of sp³-hybridized carbons (Fsp3) is 0.538. The number of carboxylic acid groups (broad SMARTS) is 1. The van der Waals surface area contributed by atoms with Gasteiger partial charge in [-0.05, 0) is 13.0 Å². The van der Waals surface area contributed by atoms with Crippen molar-refractivity contribution in [3.05, 3.63) is 23.2 Å². The van der Waals surface area contributed by atoms with Crippen molar-refractivity contribution in [3.63, 3.8) is 0 Å². The summed E-state index contributed by atoms with van der Waals surface area (Å²) in [4.78, 5) is 22.5. The van der Waals surface area contributed by atoms with E-state index < -0.39 is 5.97 Å². The van der Waals surface area contributed by atoms with E-state index in [1.165, 1.54) is 6.07 Å². The molecule has 1 aromatic rings. The number of aromatic carboxylic acids is 1. The van der Waals surface area contributed by atoms with Crippen LogP contribution in [0.25, 0.3) is 0 Å². The first-order valence-corrected chi connectivity index (χ1v) is 6.60. The number of hydrogen-bond acceptors (Lipinski definition) is 5. The minimum atomic E-state index is -1.05. The summed E-state index contributed by atoms with van der Waals surface area (Å²) >= 11 is 0. The van der Waals surface area contributed by atoms with Crippen LogP contribution >= 0.6 is 0 Å². The fourth-order valence-corrected chi connectivity index (χ4v) is 1.93. The minimum absolute atomic E-state index is 0.0972. The van der Waals surface area contributed by atoms with Gasteiger partial charge >= 0.3 is 12.0 Å². The Morgan fingerprint density at radius 2 is 2.19 bits per heavy atom. The Morgan fingerprint density at radius 1 is 1.38 bits per heavy atom. The van der Waals surface area contributed by atoms with Gasteiger partial charge < -0.3 is 29.6 Å². The highest BCUT2D eigenvalue weighted by molar-refractivity contribution is 5.88. The molecule has 1 unspecified atom stereocenters. The molecule has 1 aliphatic rings. The summed E-state index contributed by atoms with van der Waals surface area (Å²) in [7, 11) is 0. The predicted octanol–water partition coefficient (Wildman–Crippen LogP) is 0.501. The van der Waals surface area contributed by atoms with Gasteiger partial charge in [0.25, 0.3) is 0 Å². The molecule has 0 aromatic carbocycles. The molecular weight excluding hydrogens is 280 g/mol. The molecule has 2 amide bonds. The third kappa shape index (κ3) is 4.47. The van der Waals surface area contributed by atoms with Crippen molar-refractivity contribution in [1.82, 2.24) is 10.6 Å². The zero-order chi connectivity index (χ0) is 15.2. The molecule has 0 spiro atoms. The van der Waals surface area contributed by atoms with Crippen LogP contribution < -0.4 is 10.6 Å². The number of amides is 2. The average molecular weight is 298 g/mol. The molecule has 1 aliphatic heterocycles. The van der Waals surface area contributed by atoms with Crippen LogP contribution in [0.3, 0.4) is 0 Å². The van der Waals surface area contributed by atoms with Crippen molar-refractivity contribution in [2.45, 2.75) is 19.6 Å². The van der Waals surface area contributed by atoms with Gasteiger partial charge in [0, 0.05) is 6.54 Å². The smallest absolute Gasteiger partial charge is 0.339 e. The number of aryl methyl sites for hydroxylation is 1. The molecule has 1 atom stereocenters. The number of ether oxygens (including phenoxy) is 2. The lowest BCUT2D eigenvalue weighted by molar-refractivity contribution is -0.0853. The van der Waals surface area contributed by atoms with E-state index in [9.17, 15) is 9.59 Å². The number of carboxylic acids is 1. The molecule has 3 N–H and O–H groups in total. The first-order chi connectivity index (χ1) is 10.1. The van der Waals surface area contributed by atoms with Gasteiger partial charge in [0.1, 0.15) is 17.1 Å². The normalized spacial score (nSPS) is 18.2. The molecule has 1 fully saturated rings. The van der Waals surface area contributed by atoms with Crippen molar-refractivity contribution in [2.75, 3.05) is 26.4 Å². The number of furan rings is 1. The Kier molecular flexibility index (Phi) is 5.18. The molecular formula is C13H18N2O6. The first-order valence-electron chi connectivity index (χ1n) is 6.60. The monoisotopic (exact) mass is 298 g/mol. The zero-order valence-electron chi connectivity index (χ0n) is 11.7. The highest BCUT2D eigenvalue weighted by Gasteiger charge is 2.16. The summed E-state index contributed by atoms with van der Waals surface area (Å²) in [6.07, 6.45) is -0.144. The molecule has 1 saturated heterocycles. The Hall–Kier alpha value is -2.06. The topological polar surface area (TPSA) is 110 Å². The van der Waals surface area contributed by atoms with E-state index in [4.69, 9.17) is 19.0 Å². The minimum Gasteiger partial charge on any atom is -0.478 e. The van der Waals surface area contributed by atoms with Crippen LogP contribution in [0.1, 0.15) is 21.9 Å². The van der Waals surface area contributed by atoms with Crippen molar-refractivity contribution in [1.29, 1.82) is 0 Å². The van der Waals surface area contributed by atoms with Gasteiger partial charge in [-0.25, -0.2) is 9.59 Å². The predicted molar refractivity (Wildman–Crippen MR) is 71.2 cm³/mol. The lowest BCUT2D eigenvalue weighted by Gasteiger charge is -2.23. The Balaban J connectivity index is 1.73. The molecule has 0 aliphatic carbocycles. The second kappa shape index (κ2) is 7.09. The van der Waals surface area contributed by atoms with Crippen LogP contribution in [0.5, 0.6) is 0 Å². The zero-order valence-corrected chi connectivity index (χ0v) is 11.7. The third-order valence-electron chi connectivity index (χ3n) is 3.00. The van der Waals surface area contributed by atoms with Gasteiger partial charge in [-0.15, -0.1) is 0 Å². The number of carbonyl (C=O) groups is 2. The Morgan fingerprint density at radius 3 is 2.81 bits per heavy atom. The van der Waals surface area contributed by atoms with Crippen LogP contribution in [0, 0.1) is 6.92 Å². The van der Waals surface area contributed by atoms with Crippen molar-refractivity contribution >= 4 is 12.0 Å². The molecule has 21 heavy (non-hydrogen) atoms. The average Bonchev–Trinajstić information content (AvgIpc) is 2.85. The lowest BCUT2D eigenvalue weighted by Crippen LogP contribution is -2.43. The summed E-state index contributed by atoms with van der Waals surface area (Å²) < 4.78 is 15.9. The quantitative estimate of drug-likeness (QED) is 0.730. The standard InChI is InChI=1S/C13H18N2O6/c1-8-11(12(16)17)4-9(21-8)5-14-13(18)15-6-10-7-19-2-3-20-10/h4,10H,2-3,5-7H2,1H3,(H,16,17)(H2,14,15,18). The number of urea groups is 1. The number of hydrogen-bond donors (Lipinski definition) is 3. The maximum absolute atomic E-state index is 11.6. The van der Waals surface area contributed by atoms with E-state index in [1.54, 1.807) is 6.92 Å². The molecule has 2 heterocycles. The van der Waals surface area contributed by atoms with Crippen LogP contribution in [0.2, 0.25) is 0 Å². The van der Waals surface area contributed by atoms with Gasteiger partial charge in [0.05, 0.1) is 32.5 Å². The first kappa shape index (κ1) is 15.3. The van der Waals surface area contributed by atoms with Gasteiger partial charge in [0.2, 0.25) is 0 Å². The van der Waals surface area contributed by atoms with Crippen molar-refractivity contribution in [2.24, 2.45) is 0 Å². The molecule has 8 nitrogen and oxygen atoms in total. The van der Waals surface area contributed by atoms with Crippen LogP contribution in [0.15, 0.2) is 10.5 Å². The van der Waals surface area contributed by atoms with Gasteiger partial charge in [0.15, 0.2) is 0 Å². The number of carbonyl (C=O) groups excluding carboxylic acids is 1. The second-order valence-corrected chi connectivity index (χ2v) is 4.62. The molecule has 2 rings (SSSR count). The maximum Gasteiger partial charge on any atom is 0.339 e. The highest BCUT2D eigenvalue weighted by Crippen LogP contribution is 2.14. The van der Waals surface area contributed by atoms with E-state index in [0.29, 0.717) is 37.9 Å². The van der Waals surface area contributed by atoms with E-state index in [-0.39, 0.29) is 24.2 Å². The molecule has 0 radical (unpaired) electrons. The molecule has 1 aromatic heterocycles. The van der Waals surface area contributed by atoms with Crippen LogP contribution in [-0.4, -0.2) is 49.6 Å². The van der Waals surface area contributed by atoms with Crippen LogP contribution in [-0.2, 0) is 16.0 Å². The van der Waals surface area contributed by atoms with Gasteiger partial charge in [-0.3, -0.25) is 0 Å². The number of nitrogens with one attached hydrogen (secondary N) is 2. The molecule has 0 saturated carbocycles. The largest absolute Gasteiger partial charge is 0.478 e. The van der Waals surface area contributed by atoms with Crippen molar-refractivity contribution < 1.29 is 28.6 Å². The summed E-state index contributed by atoms with van der Waals surface area (Å²) in [5.74, 6) is -0.355. The summed E-state index contributed by atoms with van der Waals surface area (Å²) in [5.41, 5.74) is 0.0972. The molecule has 0 bridgehead atoms. The number of rotatable bonds is 5. The van der Waals surface area contributed by atoms with Gasteiger partial charge in [-0.2, -0.15) is 0 Å². The van der Waals surface area contributed by atoms with Crippen molar-refractivity contribution in [3.8, 4) is 0 Å². The van der Waals surface area contributed by atoms with Gasteiger partial charge in [-0.1, -0.05) is 0 Å². The van der Waals surface area contributed by atoms with E-state index in [0.717, 1.165) is 0 Å². The Labute approximate surface area is 121 Å². The molecule has 8 heteroatoms. The summed E-state index contributed by atoms with van der Waals surface area (Å²) in [5, 5.41) is 14.1. The fourth-order valence-electron chi connectivity index (χ4n) is 1.93. The van der Waals surface area contributed by atoms with E-state index in [1.807, 2.05) is 0 Å². The second-order valence-electron chi connectivity index (χ2n) is 4.62. The Bertz CT molecular complexity index is 507. The van der Waals surface area contributed by atoms with E-state index >= 15 is 0 Å². The van der Waals surface area contributed by atoms with E-state index in [2.05, 4.69) is 10.6 Å². The molecule has 116 valence electrons. The highest BCUT2D eigenvalue weighted by atomic mass is 16.6. The summed E-state index contributed by atoms with van der Waals surface area (Å²) in [6, 6.07) is 1.02.